The molecule has 0 radical (unpaired) electrons. The molecule has 0 aromatic carbocycles. The third kappa shape index (κ3) is 2.89. The summed E-state index contributed by atoms with van der Waals surface area (Å²) in [5.74, 6) is 1.39. The Kier molecular flexibility index (Phi) is 4.41. The Labute approximate surface area is 125 Å². The lowest BCUT2D eigenvalue weighted by atomic mass is 9.68. The first-order chi connectivity index (χ1) is 8.87. The molecule has 0 saturated heterocycles. The Balaban J connectivity index is 2.23. The van der Waals surface area contributed by atoms with Gasteiger partial charge in [-0.1, -0.05) is 20.8 Å². The van der Waals surface area contributed by atoms with E-state index in [-0.39, 0.29) is 5.54 Å². The highest BCUT2D eigenvalue weighted by molar-refractivity contribution is 9.10. The molecule has 1 heterocycles. The van der Waals surface area contributed by atoms with Crippen molar-refractivity contribution in [2.24, 2.45) is 24.6 Å². The zero-order valence-corrected chi connectivity index (χ0v) is 14.1. The molecule has 1 saturated carbocycles. The number of aromatic nitrogens is 2. The van der Waals surface area contributed by atoms with Crippen LogP contribution in [0.2, 0.25) is 0 Å². The van der Waals surface area contributed by atoms with Crippen LogP contribution in [0, 0.1) is 11.8 Å². The van der Waals surface area contributed by atoms with E-state index in [0.717, 1.165) is 35.3 Å². The van der Waals surface area contributed by atoms with Crippen molar-refractivity contribution in [2.75, 3.05) is 0 Å². The van der Waals surface area contributed by atoms with Crippen LogP contribution in [0.25, 0.3) is 0 Å². The fourth-order valence-corrected chi connectivity index (χ4v) is 4.06. The molecule has 1 aromatic heterocycles. The topological polar surface area (TPSA) is 43.8 Å². The largest absolute Gasteiger partial charge is 0.325 e. The number of nitrogens with zero attached hydrogens (tertiary/aromatic N) is 2. The first-order valence-corrected chi connectivity index (χ1v) is 8.15. The lowest BCUT2D eigenvalue weighted by Crippen LogP contribution is -2.51. The van der Waals surface area contributed by atoms with E-state index >= 15 is 0 Å². The highest BCUT2D eigenvalue weighted by atomic mass is 79.9. The molecule has 1 aromatic rings. The number of nitrogens with two attached hydrogens (primary N) is 1. The van der Waals surface area contributed by atoms with E-state index in [1.807, 2.05) is 11.7 Å². The Morgan fingerprint density at radius 2 is 2.16 bits per heavy atom. The second-order valence-electron chi connectivity index (χ2n) is 6.38. The predicted octanol–water partition coefficient (Wildman–Crippen LogP) is 3.44. The van der Waals surface area contributed by atoms with Crippen molar-refractivity contribution < 1.29 is 0 Å². The monoisotopic (exact) mass is 327 g/mol. The van der Waals surface area contributed by atoms with Crippen LogP contribution in [0.4, 0.5) is 0 Å². The molecule has 1 aliphatic rings. The molecule has 3 unspecified atom stereocenters. The number of aryl methyl sites for hydroxylation is 2. The second kappa shape index (κ2) is 5.57. The molecule has 3 atom stereocenters. The smallest absolute Gasteiger partial charge is 0.0766 e. The summed E-state index contributed by atoms with van der Waals surface area (Å²) in [7, 11) is 2.03. The van der Waals surface area contributed by atoms with Crippen molar-refractivity contribution in [1.29, 1.82) is 0 Å². The average molecular weight is 328 g/mol. The van der Waals surface area contributed by atoms with Gasteiger partial charge in [-0.25, -0.2) is 0 Å². The SMILES string of the molecule is CCc1nn(C)c(CC2(N)CCC(C)CC2C)c1Br. The van der Waals surface area contributed by atoms with E-state index in [4.69, 9.17) is 5.73 Å². The van der Waals surface area contributed by atoms with Gasteiger partial charge in [0.25, 0.3) is 0 Å². The van der Waals surface area contributed by atoms with E-state index < -0.39 is 0 Å². The molecule has 0 spiro atoms. The first-order valence-electron chi connectivity index (χ1n) is 7.36. The third-order valence-electron chi connectivity index (χ3n) is 4.84. The molecular formula is C15H26BrN3. The Morgan fingerprint density at radius 1 is 1.47 bits per heavy atom. The van der Waals surface area contributed by atoms with E-state index in [9.17, 15) is 0 Å². The quantitative estimate of drug-likeness (QED) is 0.924. The van der Waals surface area contributed by atoms with E-state index in [0.29, 0.717) is 5.92 Å². The Hall–Kier alpha value is -0.350. The highest BCUT2D eigenvalue weighted by Crippen LogP contribution is 2.38. The number of halogens is 1. The molecule has 1 aliphatic carbocycles. The van der Waals surface area contributed by atoms with Crippen molar-refractivity contribution >= 4 is 15.9 Å². The minimum Gasteiger partial charge on any atom is -0.325 e. The van der Waals surface area contributed by atoms with Crippen LogP contribution in [0.3, 0.4) is 0 Å². The highest BCUT2D eigenvalue weighted by Gasteiger charge is 2.38. The van der Waals surface area contributed by atoms with Crippen LogP contribution in [-0.4, -0.2) is 15.3 Å². The summed E-state index contributed by atoms with van der Waals surface area (Å²) >= 11 is 3.71. The second-order valence-corrected chi connectivity index (χ2v) is 7.17. The van der Waals surface area contributed by atoms with E-state index in [1.54, 1.807) is 0 Å². The Morgan fingerprint density at radius 3 is 2.68 bits per heavy atom. The molecule has 108 valence electrons. The lowest BCUT2D eigenvalue weighted by molar-refractivity contribution is 0.161. The molecule has 0 aliphatic heterocycles. The summed E-state index contributed by atoms with van der Waals surface area (Å²) in [6.07, 6.45) is 5.49. The van der Waals surface area contributed by atoms with Gasteiger partial charge in [-0.2, -0.15) is 5.10 Å². The lowest BCUT2D eigenvalue weighted by Gasteiger charge is -2.42. The van der Waals surface area contributed by atoms with Crippen LogP contribution < -0.4 is 5.73 Å². The summed E-state index contributed by atoms with van der Waals surface area (Å²) in [5, 5.41) is 4.58. The minimum absolute atomic E-state index is 0.0756. The van der Waals surface area contributed by atoms with Crippen molar-refractivity contribution in [3.63, 3.8) is 0 Å². The maximum atomic E-state index is 6.72. The number of hydrogen-bond donors (Lipinski definition) is 1. The fourth-order valence-electron chi connectivity index (χ4n) is 3.30. The summed E-state index contributed by atoms with van der Waals surface area (Å²) in [5.41, 5.74) is 9.04. The predicted molar refractivity (Wildman–Crippen MR) is 83.1 cm³/mol. The van der Waals surface area contributed by atoms with E-state index in [2.05, 4.69) is 41.8 Å². The van der Waals surface area contributed by atoms with Gasteiger partial charge in [-0.3, -0.25) is 4.68 Å². The van der Waals surface area contributed by atoms with Gasteiger partial charge < -0.3 is 5.73 Å². The molecular weight excluding hydrogens is 302 g/mol. The van der Waals surface area contributed by atoms with Crippen molar-refractivity contribution in [3.05, 3.63) is 15.9 Å². The summed E-state index contributed by atoms with van der Waals surface area (Å²) in [4.78, 5) is 0. The summed E-state index contributed by atoms with van der Waals surface area (Å²) < 4.78 is 3.16. The van der Waals surface area contributed by atoms with Crippen molar-refractivity contribution in [2.45, 2.75) is 58.4 Å². The van der Waals surface area contributed by atoms with Crippen molar-refractivity contribution in [1.82, 2.24) is 9.78 Å². The summed E-state index contributed by atoms with van der Waals surface area (Å²) in [6, 6.07) is 0. The molecule has 0 amide bonds. The van der Waals surface area contributed by atoms with Gasteiger partial charge in [0, 0.05) is 19.0 Å². The zero-order valence-electron chi connectivity index (χ0n) is 12.5. The molecule has 3 nitrogen and oxygen atoms in total. The van der Waals surface area contributed by atoms with Crippen LogP contribution in [-0.2, 0) is 19.9 Å². The van der Waals surface area contributed by atoms with Gasteiger partial charge in [0.1, 0.15) is 0 Å². The molecule has 4 heteroatoms. The third-order valence-corrected chi connectivity index (χ3v) is 5.75. The van der Waals surface area contributed by atoms with Gasteiger partial charge in [0.05, 0.1) is 15.9 Å². The first kappa shape index (κ1) is 15.0. The maximum Gasteiger partial charge on any atom is 0.0766 e. The molecule has 1 fully saturated rings. The van der Waals surface area contributed by atoms with Gasteiger partial charge >= 0.3 is 0 Å². The fraction of sp³-hybridized carbons (Fsp3) is 0.800. The minimum atomic E-state index is -0.0756. The van der Waals surface area contributed by atoms with E-state index in [1.165, 1.54) is 18.5 Å². The standard InChI is InChI=1S/C15H26BrN3/c1-5-12-14(16)13(19(4)18-12)9-15(17)7-6-10(2)8-11(15)3/h10-11H,5-9,17H2,1-4H3. The molecule has 2 rings (SSSR count). The molecule has 2 N–H and O–H groups in total. The number of rotatable bonds is 3. The van der Waals surface area contributed by atoms with Gasteiger partial charge in [0.2, 0.25) is 0 Å². The summed E-state index contributed by atoms with van der Waals surface area (Å²) in [6.45, 7) is 6.78. The van der Waals surface area contributed by atoms with Crippen molar-refractivity contribution in [3.8, 4) is 0 Å². The van der Waals surface area contributed by atoms with Gasteiger partial charge in [0.15, 0.2) is 0 Å². The molecule has 0 bridgehead atoms. The number of hydrogen-bond acceptors (Lipinski definition) is 2. The average Bonchev–Trinajstić information content (AvgIpc) is 2.62. The van der Waals surface area contributed by atoms with Crippen LogP contribution in [0.15, 0.2) is 4.47 Å². The maximum absolute atomic E-state index is 6.72. The molecule has 19 heavy (non-hydrogen) atoms. The van der Waals surface area contributed by atoms with Gasteiger partial charge in [-0.15, -0.1) is 0 Å². The Bertz CT molecular complexity index is 454. The van der Waals surface area contributed by atoms with Crippen LogP contribution in [0.5, 0.6) is 0 Å². The normalized spacial score (nSPS) is 31.7. The van der Waals surface area contributed by atoms with Crippen LogP contribution >= 0.6 is 15.9 Å². The van der Waals surface area contributed by atoms with Crippen LogP contribution in [0.1, 0.15) is 51.4 Å². The zero-order chi connectivity index (χ0) is 14.2. The van der Waals surface area contributed by atoms with Gasteiger partial charge in [-0.05, 0) is 53.4 Å².